The lowest BCUT2D eigenvalue weighted by Gasteiger charge is -2.18. The summed E-state index contributed by atoms with van der Waals surface area (Å²) in [6.45, 7) is 2.12. The van der Waals surface area contributed by atoms with Gasteiger partial charge in [0.2, 0.25) is 10.0 Å². The number of hydrogen-bond donors (Lipinski definition) is 2. The van der Waals surface area contributed by atoms with Gasteiger partial charge in [-0.25, -0.2) is 13.1 Å². The first kappa shape index (κ1) is 16.9. The summed E-state index contributed by atoms with van der Waals surface area (Å²) in [6.07, 6.45) is 1.80. The third kappa shape index (κ3) is 4.53. The zero-order valence-electron chi connectivity index (χ0n) is 12.8. The van der Waals surface area contributed by atoms with E-state index in [0.29, 0.717) is 18.5 Å². The Labute approximate surface area is 131 Å². The van der Waals surface area contributed by atoms with Gasteiger partial charge in [0.05, 0.1) is 11.0 Å². The normalized spacial score (nSPS) is 16.3. The van der Waals surface area contributed by atoms with E-state index in [0.717, 1.165) is 12.8 Å². The topological polar surface area (TPSA) is 86.7 Å². The molecule has 1 aliphatic rings. The Bertz CT molecular complexity index is 621. The number of amides is 1. The molecule has 1 fully saturated rings. The van der Waals surface area contributed by atoms with Crippen molar-refractivity contribution in [3.63, 3.8) is 0 Å². The van der Waals surface area contributed by atoms with E-state index in [-0.39, 0.29) is 16.8 Å². The number of sulfonamides is 1. The molecule has 0 radical (unpaired) electrons. The maximum Gasteiger partial charge on any atom is 0.253 e. The number of benzene rings is 1. The highest BCUT2D eigenvalue weighted by molar-refractivity contribution is 7.89. The van der Waals surface area contributed by atoms with Crippen molar-refractivity contribution in [3.8, 4) is 0 Å². The largest absolute Gasteiger partial charge is 0.393 e. The minimum atomic E-state index is -3.49. The minimum absolute atomic E-state index is 0.0536. The SMILES string of the molecule is C[C@H](O)CCN(C)C(=O)c1ccc(S(=O)(=O)NC2CC2)cc1. The molecule has 7 heteroatoms. The summed E-state index contributed by atoms with van der Waals surface area (Å²) in [7, 11) is -1.83. The monoisotopic (exact) mass is 326 g/mol. The number of carbonyl (C=O) groups is 1. The average Bonchev–Trinajstić information content (AvgIpc) is 3.27. The fraction of sp³-hybridized carbons (Fsp3) is 0.533. The Hall–Kier alpha value is -1.44. The standard InChI is InChI=1S/C15H22N2O4S/c1-11(18)9-10-17(2)15(19)12-3-7-14(8-4-12)22(20,21)16-13-5-6-13/h3-4,7-8,11,13,16,18H,5-6,9-10H2,1-2H3/t11-/m0/s1. The molecule has 1 saturated carbocycles. The van der Waals surface area contributed by atoms with Crippen LogP contribution in [0.3, 0.4) is 0 Å². The molecule has 2 rings (SSSR count). The molecular weight excluding hydrogens is 304 g/mol. The van der Waals surface area contributed by atoms with Crippen LogP contribution in [0.5, 0.6) is 0 Å². The van der Waals surface area contributed by atoms with Crippen LogP contribution in [-0.2, 0) is 10.0 Å². The summed E-state index contributed by atoms with van der Waals surface area (Å²) >= 11 is 0. The van der Waals surface area contributed by atoms with Gasteiger partial charge in [0.25, 0.3) is 5.91 Å². The molecule has 0 aromatic heterocycles. The van der Waals surface area contributed by atoms with Gasteiger partial charge in [0, 0.05) is 25.2 Å². The van der Waals surface area contributed by atoms with Crippen molar-refractivity contribution in [2.45, 2.75) is 43.2 Å². The molecule has 0 unspecified atom stereocenters. The van der Waals surface area contributed by atoms with Crippen LogP contribution >= 0.6 is 0 Å². The smallest absolute Gasteiger partial charge is 0.253 e. The molecule has 0 bridgehead atoms. The summed E-state index contributed by atoms with van der Waals surface area (Å²) in [6, 6.07) is 5.98. The van der Waals surface area contributed by atoms with Gasteiger partial charge >= 0.3 is 0 Å². The molecule has 0 saturated heterocycles. The number of nitrogens with zero attached hydrogens (tertiary/aromatic N) is 1. The number of aliphatic hydroxyl groups is 1. The summed E-state index contributed by atoms with van der Waals surface area (Å²) in [5.41, 5.74) is 0.429. The number of nitrogens with one attached hydrogen (secondary N) is 1. The first-order chi connectivity index (χ1) is 10.3. The lowest BCUT2D eigenvalue weighted by atomic mass is 10.2. The van der Waals surface area contributed by atoms with Gasteiger partial charge in [-0.1, -0.05) is 0 Å². The van der Waals surface area contributed by atoms with E-state index >= 15 is 0 Å². The summed E-state index contributed by atoms with van der Waals surface area (Å²) in [5.74, 6) is -0.195. The fourth-order valence-corrected chi connectivity index (χ4v) is 3.27. The van der Waals surface area contributed by atoms with Crippen LogP contribution < -0.4 is 4.72 Å². The van der Waals surface area contributed by atoms with E-state index in [2.05, 4.69) is 4.72 Å². The second-order valence-electron chi connectivity index (χ2n) is 5.78. The third-order valence-corrected chi connectivity index (χ3v) is 5.08. The molecule has 2 N–H and O–H groups in total. The number of carbonyl (C=O) groups excluding carboxylic acids is 1. The molecule has 0 spiro atoms. The second-order valence-corrected chi connectivity index (χ2v) is 7.50. The first-order valence-electron chi connectivity index (χ1n) is 7.35. The average molecular weight is 326 g/mol. The number of rotatable bonds is 7. The maximum absolute atomic E-state index is 12.2. The highest BCUT2D eigenvalue weighted by Gasteiger charge is 2.28. The number of hydrogen-bond acceptors (Lipinski definition) is 4. The Morgan fingerprint density at radius 2 is 1.95 bits per heavy atom. The van der Waals surface area contributed by atoms with Crippen molar-refractivity contribution in [2.75, 3.05) is 13.6 Å². The Balaban J connectivity index is 2.03. The molecular formula is C15H22N2O4S. The molecule has 0 aliphatic heterocycles. The van der Waals surface area contributed by atoms with Crippen molar-refractivity contribution in [3.05, 3.63) is 29.8 Å². The lowest BCUT2D eigenvalue weighted by molar-refractivity contribution is 0.0769. The van der Waals surface area contributed by atoms with Gasteiger partial charge in [-0.05, 0) is 50.5 Å². The predicted molar refractivity (Wildman–Crippen MR) is 83.0 cm³/mol. The van der Waals surface area contributed by atoms with E-state index in [1.165, 1.54) is 29.2 Å². The van der Waals surface area contributed by atoms with Gasteiger partial charge < -0.3 is 10.0 Å². The van der Waals surface area contributed by atoms with Crippen LogP contribution in [0.1, 0.15) is 36.5 Å². The van der Waals surface area contributed by atoms with E-state index < -0.39 is 16.1 Å². The Morgan fingerprint density at radius 1 is 1.36 bits per heavy atom. The van der Waals surface area contributed by atoms with Gasteiger partial charge in [-0.15, -0.1) is 0 Å². The Kier molecular flexibility index (Phi) is 5.20. The molecule has 122 valence electrons. The lowest BCUT2D eigenvalue weighted by Crippen LogP contribution is -2.29. The highest BCUT2D eigenvalue weighted by Crippen LogP contribution is 2.22. The van der Waals surface area contributed by atoms with E-state index in [9.17, 15) is 18.3 Å². The third-order valence-electron chi connectivity index (χ3n) is 3.54. The van der Waals surface area contributed by atoms with Crippen LogP contribution in [0.2, 0.25) is 0 Å². The van der Waals surface area contributed by atoms with Gasteiger partial charge in [-0.2, -0.15) is 0 Å². The molecule has 0 heterocycles. The van der Waals surface area contributed by atoms with Crippen LogP contribution in [0.25, 0.3) is 0 Å². The second kappa shape index (κ2) is 6.76. The van der Waals surface area contributed by atoms with Crippen LogP contribution in [-0.4, -0.2) is 50.1 Å². The number of aliphatic hydroxyl groups excluding tert-OH is 1. The van der Waals surface area contributed by atoms with Crippen LogP contribution in [0.4, 0.5) is 0 Å². The molecule has 1 aromatic carbocycles. The molecule has 1 aromatic rings. The van der Waals surface area contributed by atoms with Crippen molar-refractivity contribution >= 4 is 15.9 Å². The molecule has 1 aliphatic carbocycles. The molecule has 6 nitrogen and oxygen atoms in total. The van der Waals surface area contributed by atoms with Crippen LogP contribution in [0.15, 0.2) is 29.2 Å². The van der Waals surface area contributed by atoms with Crippen molar-refractivity contribution < 1.29 is 18.3 Å². The van der Waals surface area contributed by atoms with Gasteiger partial charge in [0.15, 0.2) is 0 Å². The predicted octanol–water partition coefficient (Wildman–Crippen LogP) is 0.970. The Morgan fingerprint density at radius 3 is 2.45 bits per heavy atom. The summed E-state index contributed by atoms with van der Waals surface area (Å²) in [4.78, 5) is 13.9. The summed E-state index contributed by atoms with van der Waals surface area (Å²) in [5, 5.41) is 9.24. The van der Waals surface area contributed by atoms with Crippen molar-refractivity contribution in [1.82, 2.24) is 9.62 Å². The van der Waals surface area contributed by atoms with E-state index in [1.54, 1.807) is 14.0 Å². The first-order valence-corrected chi connectivity index (χ1v) is 8.84. The zero-order valence-corrected chi connectivity index (χ0v) is 13.6. The highest BCUT2D eigenvalue weighted by atomic mass is 32.2. The van der Waals surface area contributed by atoms with Gasteiger partial charge in [0.1, 0.15) is 0 Å². The van der Waals surface area contributed by atoms with E-state index in [4.69, 9.17) is 0 Å². The quantitative estimate of drug-likeness (QED) is 0.782. The molecule has 22 heavy (non-hydrogen) atoms. The molecule has 1 amide bonds. The van der Waals surface area contributed by atoms with E-state index in [1.807, 2.05) is 0 Å². The molecule has 1 atom stereocenters. The van der Waals surface area contributed by atoms with Crippen molar-refractivity contribution in [1.29, 1.82) is 0 Å². The van der Waals surface area contributed by atoms with Crippen LogP contribution in [0, 0.1) is 0 Å². The van der Waals surface area contributed by atoms with Crippen molar-refractivity contribution in [2.24, 2.45) is 0 Å². The maximum atomic E-state index is 12.2. The van der Waals surface area contributed by atoms with Gasteiger partial charge in [-0.3, -0.25) is 4.79 Å². The minimum Gasteiger partial charge on any atom is -0.393 e. The summed E-state index contributed by atoms with van der Waals surface area (Å²) < 4.78 is 26.7. The fourth-order valence-electron chi connectivity index (χ4n) is 1.97. The zero-order chi connectivity index (χ0) is 16.3.